The van der Waals surface area contributed by atoms with Crippen molar-refractivity contribution in [3.8, 4) is 11.3 Å². The van der Waals surface area contributed by atoms with Crippen molar-refractivity contribution in [1.29, 1.82) is 0 Å². The number of aromatic amines is 1. The summed E-state index contributed by atoms with van der Waals surface area (Å²) in [7, 11) is 0. The Morgan fingerprint density at radius 3 is 2.68 bits per heavy atom. The number of carbonyl (C=O) groups is 1. The van der Waals surface area contributed by atoms with E-state index in [0.717, 1.165) is 30.8 Å². The number of piperidine rings is 1. The summed E-state index contributed by atoms with van der Waals surface area (Å²) in [5.74, 6) is 0.483. The Morgan fingerprint density at radius 2 is 1.95 bits per heavy atom. The van der Waals surface area contributed by atoms with Crippen molar-refractivity contribution < 1.29 is 4.79 Å². The summed E-state index contributed by atoms with van der Waals surface area (Å²) in [6.07, 6.45) is 1.10. The molecule has 2 atom stereocenters. The highest BCUT2D eigenvalue weighted by Gasteiger charge is 2.23. The molecule has 1 aliphatic heterocycles. The summed E-state index contributed by atoms with van der Waals surface area (Å²) in [5.41, 5.74) is 2.67. The minimum absolute atomic E-state index is 0. The van der Waals surface area contributed by atoms with E-state index in [9.17, 15) is 4.79 Å². The molecular formula is C17H22ClN3O. The molecule has 0 aliphatic carbocycles. The van der Waals surface area contributed by atoms with Crippen LogP contribution >= 0.6 is 12.4 Å². The third-order valence-corrected chi connectivity index (χ3v) is 4.16. The SMILES string of the molecule is CC1CCNCC1NC(=O)c1ccc(-c2ccccc2)[nH]1.Cl. The van der Waals surface area contributed by atoms with Crippen molar-refractivity contribution in [1.82, 2.24) is 15.6 Å². The Kier molecular flexibility index (Phi) is 5.63. The first-order valence-corrected chi connectivity index (χ1v) is 7.50. The fourth-order valence-electron chi connectivity index (χ4n) is 2.74. The lowest BCUT2D eigenvalue weighted by molar-refractivity contribution is 0.0911. The van der Waals surface area contributed by atoms with E-state index >= 15 is 0 Å². The largest absolute Gasteiger partial charge is 0.351 e. The van der Waals surface area contributed by atoms with Crippen LogP contribution in [-0.4, -0.2) is 30.0 Å². The number of hydrogen-bond donors (Lipinski definition) is 3. The molecule has 1 aliphatic rings. The third kappa shape index (κ3) is 3.70. The molecule has 0 spiro atoms. The van der Waals surface area contributed by atoms with Gasteiger partial charge in [-0.05, 0) is 36.6 Å². The second-order valence-electron chi connectivity index (χ2n) is 5.70. The molecule has 2 aromatic rings. The summed E-state index contributed by atoms with van der Waals surface area (Å²) in [6, 6.07) is 14.0. The Morgan fingerprint density at radius 1 is 1.18 bits per heavy atom. The van der Waals surface area contributed by atoms with Gasteiger partial charge in [0.1, 0.15) is 5.69 Å². The van der Waals surface area contributed by atoms with E-state index in [4.69, 9.17) is 0 Å². The predicted molar refractivity (Wildman–Crippen MR) is 91.4 cm³/mol. The summed E-state index contributed by atoms with van der Waals surface area (Å²) in [5, 5.41) is 6.45. The smallest absolute Gasteiger partial charge is 0.267 e. The molecule has 4 nitrogen and oxygen atoms in total. The van der Waals surface area contributed by atoms with Crippen LogP contribution in [0.2, 0.25) is 0 Å². The molecule has 1 fully saturated rings. The fourth-order valence-corrected chi connectivity index (χ4v) is 2.74. The maximum atomic E-state index is 12.3. The van der Waals surface area contributed by atoms with Crippen LogP contribution in [0.3, 0.4) is 0 Å². The Labute approximate surface area is 137 Å². The number of H-pyrrole nitrogens is 1. The first-order chi connectivity index (χ1) is 10.2. The number of rotatable bonds is 3. The van der Waals surface area contributed by atoms with Gasteiger partial charge >= 0.3 is 0 Å². The molecule has 118 valence electrons. The van der Waals surface area contributed by atoms with Gasteiger partial charge in [0.25, 0.3) is 5.91 Å². The van der Waals surface area contributed by atoms with Crippen molar-refractivity contribution in [2.45, 2.75) is 19.4 Å². The number of amides is 1. The van der Waals surface area contributed by atoms with Gasteiger partial charge in [0.05, 0.1) is 0 Å². The maximum Gasteiger partial charge on any atom is 0.267 e. The van der Waals surface area contributed by atoms with E-state index in [1.165, 1.54) is 0 Å². The molecule has 1 aromatic heterocycles. The van der Waals surface area contributed by atoms with Crippen molar-refractivity contribution in [3.63, 3.8) is 0 Å². The second-order valence-corrected chi connectivity index (χ2v) is 5.70. The molecule has 1 amide bonds. The third-order valence-electron chi connectivity index (χ3n) is 4.16. The summed E-state index contributed by atoms with van der Waals surface area (Å²) >= 11 is 0. The van der Waals surface area contributed by atoms with Crippen molar-refractivity contribution >= 4 is 18.3 Å². The van der Waals surface area contributed by atoms with Crippen LogP contribution in [0.25, 0.3) is 11.3 Å². The molecule has 5 heteroatoms. The standard InChI is InChI=1S/C17H21N3O.ClH/c1-12-9-10-18-11-16(12)20-17(21)15-8-7-14(19-15)13-5-3-2-4-6-13;/h2-8,12,16,18-19H,9-11H2,1H3,(H,20,21);1H. The Hall–Kier alpha value is -1.78. The van der Waals surface area contributed by atoms with Crippen LogP contribution in [0.5, 0.6) is 0 Å². The average molecular weight is 320 g/mol. The van der Waals surface area contributed by atoms with E-state index < -0.39 is 0 Å². The van der Waals surface area contributed by atoms with Gasteiger partial charge in [0.2, 0.25) is 0 Å². The average Bonchev–Trinajstić information content (AvgIpc) is 3.00. The first kappa shape index (κ1) is 16.6. The Balaban J connectivity index is 0.00000176. The first-order valence-electron chi connectivity index (χ1n) is 7.50. The lowest BCUT2D eigenvalue weighted by Gasteiger charge is -2.30. The highest BCUT2D eigenvalue weighted by molar-refractivity contribution is 5.93. The monoisotopic (exact) mass is 319 g/mol. The van der Waals surface area contributed by atoms with Gasteiger partial charge in [-0.2, -0.15) is 0 Å². The number of halogens is 1. The van der Waals surface area contributed by atoms with E-state index in [2.05, 4.69) is 22.5 Å². The molecular weight excluding hydrogens is 298 g/mol. The van der Waals surface area contributed by atoms with Gasteiger partial charge in [0.15, 0.2) is 0 Å². The molecule has 3 rings (SSSR count). The highest BCUT2D eigenvalue weighted by atomic mass is 35.5. The van der Waals surface area contributed by atoms with Gasteiger partial charge in [0, 0.05) is 18.3 Å². The molecule has 0 radical (unpaired) electrons. The summed E-state index contributed by atoms with van der Waals surface area (Å²) in [6.45, 7) is 4.07. The molecule has 2 unspecified atom stereocenters. The Bertz CT molecular complexity index is 611. The molecule has 2 heterocycles. The van der Waals surface area contributed by atoms with Crippen molar-refractivity contribution in [2.24, 2.45) is 5.92 Å². The summed E-state index contributed by atoms with van der Waals surface area (Å²) in [4.78, 5) is 15.5. The van der Waals surface area contributed by atoms with Gasteiger partial charge < -0.3 is 15.6 Å². The van der Waals surface area contributed by atoms with Crippen LogP contribution in [-0.2, 0) is 0 Å². The fraction of sp³-hybridized carbons (Fsp3) is 0.353. The van der Waals surface area contributed by atoms with E-state index in [0.29, 0.717) is 11.6 Å². The van der Waals surface area contributed by atoms with E-state index in [1.807, 2.05) is 42.5 Å². The number of benzene rings is 1. The molecule has 1 saturated heterocycles. The van der Waals surface area contributed by atoms with Gasteiger partial charge in [-0.25, -0.2) is 0 Å². The molecule has 22 heavy (non-hydrogen) atoms. The lowest BCUT2D eigenvalue weighted by atomic mass is 9.95. The van der Waals surface area contributed by atoms with Crippen molar-refractivity contribution in [3.05, 3.63) is 48.2 Å². The molecule has 3 N–H and O–H groups in total. The lowest BCUT2D eigenvalue weighted by Crippen LogP contribution is -2.50. The second kappa shape index (κ2) is 7.47. The topological polar surface area (TPSA) is 56.9 Å². The van der Waals surface area contributed by atoms with Crippen LogP contribution in [0, 0.1) is 5.92 Å². The highest BCUT2D eigenvalue weighted by Crippen LogP contribution is 2.18. The zero-order valence-electron chi connectivity index (χ0n) is 12.6. The van der Waals surface area contributed by atoms with Crippen LogP contribution in [0.15, 0.2) is 42.5 Å². The van der Waals surface area contributed by atoms with E-state index in [1.54, 1.807) is 0 Å². The molecule has 1 aromatic carbocycles. The van der Waals surface area contributed by atoms with Crippen LogP contribution in [0.1, 0.15) is 23.8 Å². The minimum Gasteiger partial charge on any atom is -0.351 e. The van der Waals surface area contributed by atoms with Gasteiger partial charge in [-0.15, -0.1) is 12.4 Å². The normalized spacial score (nSPS) is 21.0. The zero-order chi connectivity index (χ0) is 14.7. The van der Waals surface area contributed by atoms with E-state index in [-0.39, 0.29) is 24.4 Å². The number of aromatic nitrogens is 1. The number of hydrogen-bond acceptors (Lipinski definition) is 2. The van der Waals surface area contributed by atoms with Crippen LogP contribution in [0.4, 0.5) is 0 Å². The number of carbonyl (C=O) groups excluding carboxylic acids is 1. The van der Waals surface area contributed by atoms with Crippen molar-refractivity contribution in [2.75, 3.05) is 13.1 Å². The van der Waals surface area contributed by atoms with Crippen LogP contribution < -0.4 is 10.6 Å². The predicted octanol–water partition coefficient (Wildman–Crippen LogP) is 2.83. The molecule has 0 saturated carbocycles. The minimum atomic E-state index is -0.0299. The van der Waals surface area contributed by atoms with Gasteiger partial charge in [-0.1, -0.05) is 37.3 Å². The van der Waals surface area contributed by atoms with Gasteiger partial charge in [-0.3, -0.25) is 4.79 Å². The summed E-state index contributed by atoms with van der Waals surface area (Å²) < 4.78 is 0. The maximum absolute atomic E-state index is 12.3. The molecule has 0 bridgehead atoms. The number of nitrogens with one attached hydrogen (secondary N) is 3. The zero-order valence-corrected chi connectivity index (χ0v) is 13.5. The quantitative estimate of drug-likeness (QED) is 0.815.